The van der Waals surface area contributed by atoms with Gasteiger partial charge < -0.3 is 5.11 Å². The number of rotatable bonds is 4. The zero-order valence-electron chi connectivity index (χ0n) is 9.27. The van der Waals surface area contributed by atoms with Crippen LogP contribution in [0.1, 0.15) is 18.9 Å². The number of sulfone groups is 1. The van der Waals surface area contributed by atoms with Gasteiger partial charge in [-0.15, -0.1) is 0 Å². The lowest BCUT2D eigenvalue weighted by Gasteiger charge is -2.23. The first kappa shape index (κ1) is 13.7. The summed E-state index contributed by atoms with van der Waals surface area (Å²) in [5.41, 5.74) is -0.386. The summed E-state index contributed by atoms with van der Waals surface area (Å²) in [5, 5.41) is 10.2. The van der Waals surface area contributed by atoms with Crippen LogP contribution in [0.5, 0.6) is 0 Å². The van der Waals surface area contributed by atoms with E-state index in [2.05, 4.69) is 15.9 Å². The first-order valence-electron chi connectivity index (χ1n) is 4.87. The topological polar surface area (TPSA) is 54.4 Å². The molecular formula is C11H15BrO3S. The van der Waals surface area contributed by atoms with E-state index in [0.29, 0.717) is 0 Å². The van der Waals surface area contributed by atoms with Gasteiger partial charge in [0.2, 0.25) is 0 Å². The van der Waals surface area contributed by atoms with E-state index in [1.54, 1.807) is 19.1 Å². The van der Waals surface area contributed by atoms with Crippen LogP contribution < -0.4 is 0 Å². The van der Waals surface area contributed by atoms with Crippen LogP contribution in [0.15, 0.2) is 28.7 Å². The molecule has 0 radical (unpaired) electrons. The van der Waals surface area contributed by atoms with Gasteiger partial charge in [0, 0.05) is 10.7 Å². The Hall–Kier alpha value is -0.390. The van der Waals surface area contributed by atoms with Gasteiger partial charge in [-0.05, 0) is 31.0 Å². The number of benzene rings is 1. The molecule has 0 saturated carbocycles. The number of halogens is 1. The van der Waals surface area contributed by atoms with E-state index in [1.807, 2.05) is 12.1 Å². The molecule has 16 heavy (non-hydrogen) atoms. The summed E-state index contributed by atoms with van der Waals surface area (Å²) >= 11 is 3.31. The van der Waals surface area contributed by atoms with Crippen molar-refractivity contribution in [2.75, 3.05) is 12.0 Å². The summed E-state index contributed by atoms with van der Waals surface area (Å²) in [6, 6.07) is 7.22. The molecule has 0 aromatic heterocycles. The van der Waals surface area contributed by atoms with Gasteiger partial charge >= 0.3 is 0 Å². The third-order valence-electron chi connectivity index (χ3n) is 2.43. The van der Waals surface area contributed by atoms with Crippen molar-refractivity contribution < 1.29 is 13.5 Å². The zero-order chi connectivity index (χ0) is 12.4. The fourth-order valence-electron chi connectivity index (χ4n) is 1.34. The van der Waals surface area contributed by atoms with E-state index < -0.39 is 15.4 Å². The highest BCUT2D eigenvalue weighted by atomic mass is 79.9. The van der Waals surface area contributed by atoms with Crippen molar-refractivity contribution in [2.24, 2.45) is 0 Å². The molecule has 0 aliphatic rings. The Bertz CT molecular complexity index is 449. The molecule has 1 rings (SSSR count). The Morgan fingerprint density at radius 2 is 1.81 bits per heavy atom. The average Bonchev–Trinajstić information content (AvgIpc) is 2.15. The molecule has 1 aromatic rings. The molecule has 0 amide bonds. The largest absolute Gasteiger partial charge is 0.385 e. The van der Waals surface area contributed by atoms with E-state index in [9.17, 15) is 13.5 Å². The van der Waals surface area contributed by atoms with Gasteiger partial charge in [-0.2, -0.15) is 0 Å². The summed E-state index contributed by atoms with van der Waals surface area (Å²) < 4.78 is 23.0. The monoisotopic (exact) mass is 306 g/mol. The summed E-state index contributed by atoms with van der Waals surface area (Å²) in [5.74, 6) is -0.0178. The minimum Gasteiger partial charge on any atom is -0.385 e. The van der Waals surface area contributed by atoms with Crippen LogP contribution >= 0.6 is 15.9 Å². The van der Waals surface area contributed by atoms with Gasteiger partial charge in [-0.25, -0.2) is 8.42 Å². The lowest BCUT2D eigenvalue weighted by Crippen LogP contribution is -2.24. The second-order valence-electron chi connectivity index (χ2n) is 4.16. The van der Waals surface area contributed by atoms with Gasteiger partial charge in [0.05, 0.1) is 11.4 Å². The van der Waals surface area contributed by atoms with E-state index in [1.165, 1.54) is 6.26 Å². The molecule has 1 unspecified atom stereocenters. The number of hydrogen-bond acceptors (Lipinski definition) is 3. The first-order valence-corrected chi connectivity index (χ1v) is 7.72. The maximum atomic E-state index is 11.0. The van der Waals surface area contributed by atoms with Crippen LogP contribution in [-0.4, -0.2) is 25.5 Å². The molecular weight excluding hydrogens is 292 g/mol. The van der Waals surface area contributed by atoms with Crippen LogP contribution in [0.25, 0.3) is 0 Å². The Morgan fingerprint density at radius 3 is 2.25 bits per heavy atom. The van der Waals surface area contributed by atoms with E-state index >= 15 is 0 Å². The van der Waals surface area contributed by atoms with Gasteiger partial charge in [0.15, 0.2) is 0 Å². The number of aliphatic hydroxyl groups is 1. The minimum atomic E-state index is -3.04. The van der Waals surface area contributed by atoms with Crippen molar-refractivity contribution in [1.82, 2.24) is 0 Å². The maximum absolute atomic E-state index is 11.0. The lowest BCUT2D eigenvalue weighted by molar-refractivity contribution is 0.0539. The molecule has 0 bridgehead atoms. The molecule has 0 saturated heterocycles. The van der Waals surface area contributed by atoms with E-state index in [0.717, 1.165) is 10.0 Å². The van der Waals surface area contributed by atoms with E-state index in [-0.39, 0.29) is 12.2 Å². The molecule has 3 nitrogen and oxygen atoms in total. The molecule has 1 N–H and O–H groups in total. The molecule has 1 atom stereocenters. The van der Waals surface area contributed by atoms with Crippen molar-refractivity contribution in [3.63, 3.8) is 0 Å². The molecule has 1 aromatic carbocycles. The maximum Gasteiger partial charge on any atom is 0.147 e. The summed E-state index contributed by atoms with van der Waals surface area (Å²) in [4.78, 5) is 0. The zero-order valence-corrected chi connectivity index (χ0v) is 11.7. The fourth-order valence-corrected chi connectivity index (χ4v) is 2.37. The van der Waals surface area contributed by atoms with Crippen LogP contribution in [-0.2, 0) is 15.4 Å². The van der Waals surface area contributed by atoms with Crippen LogP contribution in [0.3, 0.4) is 0 Å². The molecule has 0 aliphatic carbocycles. The van der Waals surface area contributed by atoms with E-state index in [4.69, 9.17) is 0 Å². The summed E-state index contributed by atoms with van der Waals surface area (Å²) in [7, 11) is -3.04. The highest BCUT2D eigenvalue weighted by molar-refractivity contribution is 9.10. The molecule has 0 spiro atoms. The van der Waals surface area contributed by atoms with Gasteiger partial charge in [-0.3, -0.25) is 0 Å². The fraction of sp³-hybridized carbons (Fsp3) is 0.455. The highest BCUT2D eigenvalue weighted by Crippen LogP contribution is 2.26. The van der Waals surface area contributed by atoms with Gasteiger partial charge in [0.1, 0.15) is 9.84 Å². The standard InChI is InChI=1S/C11H15BrO3S/c1-11(13,7-8-16(2,14)15)9-3-5-10(12)6-4-9/h3-6,13H,7-8H2,1-2H3. The lowest BCUT2D eigenvalue weighted by atomic mass is 9.93. The van der Waals surface area contributed by atoms with Crippen LogP contribution in [0, 0.1) is 0 Å². The Morgan fingerprint density at radius 1 is 1.31 bits per heavy atom. The quantitative estimate of drug-likeness (QED) is 0.927. The van der Waals surface area contributed by atoms with Gasteiger partial charge in [0.25, 0.3) is 0 Å². The van der Waals surface area contributed by atoms with Crippen LogP contribution in [0.2, 0.25) is 0 Å². The molecule has 0 heterocycles. The van der Waals surface area contributed by atoms with Crippen molar-refractivity contribution in [1.29, 1.82) is 0 Å². The predicted octanol–water partition coefficient (Wildman–Crippen LogP) is 2.09. The predicted molar refractivity (Wildman–Crippen MR) is 68.0 cm³/mol. The normalized spacial score (nSPS) is 15.8. The van der Waals surface area contributed by atoms with Gasteiger partial charge in [-0.1, -0.05) is 28.1 Å². The average molecular weight is 307 g/mol. The Labute approximate surface area is 105 Å². The second kappa shape index (κ2) is 4.85. The molecule has 5 heteroatoms. The molecule has 0 fully saturated rings. The Balaban J connectivity index is 2.81. The smallest absolute Gasteiger partial charge is 0.147 e. The summed E-state index contributed by atoms with van der Waals surface area (Å²) in [6.07, 6.45) is 1.37. The third kappa shape index (κ3) is 4.23. The van der Waals surface area contributed by atoms with Crippen molar-refractivity contribution >= 4 is 25.8 Å². The second-order valence-corrected chi connectivity index (χ2v) is 7.34. The molecule has 90 valence electrons. The van der Waals surface area contributed by atoms with Crippen molar-refractivity contribution in [2.45, 2.75) is 18.9 Å². The SMILES string of the molecule is CC(O)(CCS(C)(=O)=O)c1ccc(Br)cc1. The first-order chi connectivity index (χ1) is 7.21. The highest BCUT2D eigenvalue weighted by Gasteiger charge is 2.24. The minimum absolute atomic E-state index is 0.0178. The van der Waals surface area contributed by atoms with Crippen LogP contribution in [0.4, 0.5) is 0 Å². The third-order valence-corrected chi connectivity index (χ3v) is 3.90. The van der Waals surface area contributed by atoms with Crippen molar-refractivity contribution in [3.8, 4) is 0 Å². The summed E-state index contributed by atoms with van der Waals surface area (Å²) in [6.45, 7) is 1.63. The number of hydrogen-bond donors (Lipinski definition) is 1. The molecule has 0 aliphatic heterocycles. The Kier molecular flexibility index (Phi) is 4.15. The van der Waals surface area contributed by atoms with Crippen molar-refractivity contribution in [3.05, 3.63) is 34.3 Å².